The first-order valence-electron chi connectivity index (χ1n) is 5.04. The van der Waals surface area contributed by atoms with Gasteiger partial charge in [0.2, 0.25) is 0 Å². The van der Waals surface area contributed by atoms with Gasteiger partial charge in [-0.25, -0.2) is 5.10 Å². The third-order valence-electron chi connectivity index (χ3n) is 2.19. The van der Waals surface area contributed by atoms with Crippen LogP contribution in [0.5, 0.6) is 5.75 Å². The van der Waals surface area contributed by atoms with Gasteiger partial charge in [-0.3, -0.25) is 0 Å². The number of hydrogen-bond donors (Lipinski definition) is 1. The van der Waals surface area contributed by atoms with E-state index >= 15 is 0 Å². The largest absolute Gasteiger partial charge is 0.480 e. The van der Waals surface area contributed by atoms with Crippen molar-refractivity contribution < 1.29 is 9.15 Å². The van der Waals surface area contributed by atoms with Crippen molar-refractivity contribution in [2.45, 2.75) is 20.0 Å². The number of ether oxygens (including phenoxy) is 1. The van der Waals surface area contributed by atoms with Crippen LogP contribution in [-0.4, -0.2) is 10.2 Å². The molecule has 1 atom stereocenters. The van der Waals surface area contributed by atoms with E-state index in [4.69, 9.17) is 21.4 Å². The van der Waals surface area contributed by atoms with Gasteiger partial charge in [-0.15, -0.1) is 5.10 Å². The number of nitrogens with zero attached hydrogens (tertiary/aromatic N) is 1. The van der Waals surface area contributed by atoms with Crippen LogP contribution in [0.1, 0.15) is 24.5 Å². The quantitative estimate of drug-likeness (QED) is 0.872. The summed E-state index contributed by atoms with van der Waals surface area (Å²) in [4.78, 5) is 0.249. The van der Waals surface area contributed by atoms with Crippen LogP contribution in [0.15, 0.2) is 27.1 Å². The fourth-order valence-corrected chi connectivity index (χ4v) is 2.08. The zero-order valence-corrected chi connectivity index (χ0v) is 11.8. The van der Waals surface area contributed by atoms with Crippen LogP contribution in [-0.2, 0) is 0 Å². The fourth-order valence-electron chi connectivity index (χ4n) is 1.36. The molecule has 1 aromatic heterocycles. The normalized spacial score (nSPS) is 12.4. The van der Waals surface area contributed by atoms with Crippen LogP contribution in [0.3, 0.4) is 0 Å². The fraction of sp³-hybridized carbons (Fsp3) is 0.273. The van der Waals surface area contributed by atoms with E-state index in [0.717, 1.165) is 15.8 Å². The van der Waals surface area contributed by atoms with Crippen molar-refractivity contribution in [1.82, 2.24) is 10.2 Å². The maximum Gasteiger partial charge on any atom is 0.284 e. The monoisotopic (exact) mass is 314 g/mol. The molecule has 1 N–H and O–H groups in total. The van der Waals surface area contributed by atoms with Crippen molar-refractivity contribution in [3.8, 4) is 5.75 Å². The first-order valence-corrected chi connectivity index (χ1v) is 6.24. The highest BCUT2D eigenvalue weighted by molar-refractivity contribution is 9.10. The topological polar surface area (TPSA) is 51.0 Å². The smallest absolute Gasteiger partial charge is 0.284 e. The summed E-state index contributed by atoms with van der Waals surface area (Å²) >= 11 is 8.26. The highest BCUT2D eigenvalue weighted by Crippen LogP contribution is 2.29. The maximum absolute atomic E-state index is 5.73. The van der Waals surface area contributed by atoms with Crippen molar-refractivity contribution in [2.24, 2.45) is 0 Å². The number of benzene rings is 1. The summed E-state index contributed by atoms with van der Waals surface area (Å²) in [6.45, 7) is 3.87. The Hall–Kier alpha value is -1.14. The van der Waals surface area contributed by atoms with E-state index in [2.05, 4.69) is 26.1 Å². The first-order chi connectivity index (χ1) is 8.06. The van der Waals surface area contributed by atoms with Gasteiger partial charge in [-0.1, -0.05) is 6.07 Å². The Labute approximate surface area is 112 Å². The third-order valence-corrected chi connectivity index (χ3v) is 2.99. The Morgan fingerprint density at radius 2 is 2.29 bits per heavy atom. The lowest BCUT2D eigenvalue weighted by atomic mass is 10.2. The zero-order valence-electron chi connectivity index (χ0n) is 9.36. The molecule has 0 spiro atoms. The van der Waals surface area contributed by atoms with Gasteiger partial charge in [0, 0.05) is 0 Å². The van der Waals surface area contributed by atoms with Crippen molar-refractivity contribution in [3.63, 3.8) is 0 Å². The molecule has 0 radical (unpaired) electrons. The third kappa shape index (κ3) is 2.95. The predicted molar refractivity (Wildman–Crippen MR) is 69.6 cm³/mol. The lowest BCUT2D eigenvalue weighted by molar-refractivity contribution is 0.186. The number of rotatable bonds is 3. The summed E-state index contributed by atoms with van der Waals surface area (Å²) in [5.74, 6) is 1.18. The van der Waals surface area contributed by atoms with Crippen LogP contribution in [0.2, 0.25) is 0 Å². The molecule has 4 nitrogen and oxygen atoms in total. The van der Waals surface area contributed by atoms with E-state index in [0.29, 0.717) is 5.89 Å². The molecule has 0 bridgehead atoms. The van der Waals surface area contributed by atoms with Crippen LogP contribution >= 0.6 is 28.1 Å². The van der Waals surface area contributed by atoms with Gasteiger partial charge >= 0.3 is 0 Å². The van der Waals surface area contributed by atoms with Crippen LogP contribution in [0, 0.1) is 11.8 Å². The van der Waals surface area contributed by atoms with Crippen molar-refractivity contribution in [3.05, 3.63) is 39.0 Å². The summed E-state index contributed by atoms with van der Waals surface area (Å²) < 4.78 is 11.8. The zero-order chi connectivity index (χ0) is 12.4. The standard InChI is InChI=1S/C11H11BrN2O2S/c1-6-3-4-9(8(12)5-6)15-7(2)10-13-14-11(17)16-10/h3-5,7H,1-2H3,(H,14,17). The number of nitrogens with one attached hydrogen (secondary N) is 1. The molecule has 0 saturated carbocycles. The Balaban J connectivity index is 2.18. The van der Waals surface area contributed by atoms with Crippen molar-refractivity contribution in [1.29, 1.82) is 0 Å². The molecule has 17 heavy (non-hydrogen) atoms. The Kier molecular flexibility index (Phi) is 3.63. The van der Waals surface area contributed by atoms with Crippen molar-refractivity contribution in [2.75, 3.05) is 0 Å². The highest BCUT2D eigenvalue weighted by atomic mass is 79.9. The summed E-state index contributed by atoms with van der Waals surface area (Å²) in [5, 5.41) is 6.49. The second-order valence-corrected chi connectivity index (χ2v) is 4.87. The van der Waals surface area contributed by atoms with Crippen LogP contribution < -0.4 is 4.74 Å². The van der Waals surface area contributed by atoms with E-state index < -0.39 is 0 Å². The number of hydrogen-bond acceptors (Lipinski definition) is 4. The maximum atomic E-state index is 5.73. The van der Waals surface area contributed by atoms with Gasteiger partial charge in [0.05, 0.1) is 4.47 Å². The minimum Gasteiger partial charge on any atom is -0.480 e. The molecule has 2 aromatic rings. The lowest BCUT2D eigenvalue weighted by Gasteiger charge is -2.12. The first kappa shape index (κ1) is 12.3. The Bertz CT molecular complexity index is 579. The second kappa shape index (κ2) is 5.01. The molecule has 0 aliphatic heterocycles. The van der Waals surface area contributed by atoms with Crippen LogP contribution in [0.4, 0.5) is 0 Å². The molecular formula is C11H11BrN2O2S. The summed E-state index contributed by atoms with van der Waals surface area (Å²) in [6, 6.07) is 5.87. The van der Waals surface area contributed by atoms with Crippen LogP contribution in [0.25, 0.3) is 0 Å². The molecule has 0 aliphatic rings. The Morgan fingerprint density at radius 1 is 1.53 bits per heavy atom. The predicted octanol–water partition coefficient (Wildman–Crippen LogP) is 3.94. The SMILES string of the molecule is Cc1ccc(OC(C)c2n[nH]c(=S)o2)c(Br)c1. The van der Waals surface area contributed by atoms with E-state index in [9.17, 15) is 0 Å². The van der Waals surface area contributed by atoms with Gasteiger partial charge in [-0.05, 0) is 59.7 Å². The summed E-state index contributed by atoms with van der Waals surface area (Å²) in [5.41, 5.74) is 1.16. The molecule has 6 heteroatoms. The highest BCUT2D eigenvalue weighted by Gasteiger charge is 2.14. The average Bonchev–Trinajstić information content (AvgIpc) is 2.69. The molecule has 1 unspecified atom stereocenters. The second-order valence-electron chi connectivity index (χ2n) is 3.65. The van der Waals surface area contributed by atoms with Gasteiger partial charge in [0.15, 0.2) is 6.10 Å². The van der Waals surface area contributed by atoms with E-state index in [1.165, 1.54) is 0 Å². The number of halogens is 1. The van der Waals surface area contributed by atoms with E-state index in [-0.39, 0.29) is 10.9 Å². The summed E-state index contributed by atoms with van der Waals surface area (Å²) in [7, 11) is 0. The average molecular weight is 315 g/mol. The van der Waals surface area contributed by atoms with Crippen molar-refractivity contribution >= 4 is 28.1 Å². The van der Waals surface area contributed by atoms with Gasteiger partial charge in [-0.2, -0.15) is 0 Å². The molecule has 90 valence electrons. The molecule has 1 aromatic carbocycles. The molecule has 0 fully saturated rings. The minimum atomic E-state index is -0.304. The molecular weight excluding hydrogens is 304 g/mol. The van der Waals surface area contributed by atoms with E-state index in [1.54, 1.807) is 0 Å². The number of aromatic nitrogens is 2. The molecule has 2 rings (SSSR count). The van der Waals surface area contributed by atoms with Gasteiger partial charge < -0.3 is 9.15 Å². The molecule has 0 amide bonds. The summed E-state index contributed by atoms with van der Waals surface area (Å²) in [6.07, 6.45) is -0.304. The number of aromatic amines is 1. The Morgan fingerprint density at radius 3 is 2.88 bits per heavy atom. The molecule has 1 heterocycles. The van der Waals surface area contributed by atoms with Gasteiger partial charge in [0.25, 0.3) is 10.7 Å². The lowest BCUT2D eigenvalue weighted by Crippen LogP contribution is -2.04. The minimum absolute atomic E-state index is 0.249. The number of H-pyrrole nitrogens is 1. The molecule has 0 aliphatic carbocycles. The van der Waals surface area contributed by atoms with E-state index in [1.807, 2.05) is 32.0 Å². The van der Waals surface area contributed by atoms with Gasteiger partial charge in [0.1, 0.15) is 5.75 Å². The molecule has 0 saturated heterocycles. The number of aryl methyl sites for hydroxylation is 1.